The van der Waals surface area contributed by atoms with Crippen molar-refractivity contribution in [3.63, 3.8) is 0 Å². The molecule has 19 heavy (non-hydrogen) atoms. The van der Waals surface area contributed by atoms with Gasteiger partial charge in [0.05, 0.1) is 11.8 Å². The zero-order valence-electron chi connectivity index (χ0n) is 11.8. The number of hydrogen-bond acceptors (Lipinski definition) is 3. The number of carbonyl (C=O) groups excluding carboxylic acids is 1. The highest BCUT2D eigenvalue weighted by Gasteiger charge is 2.66. The molecule has 4 atom stereocenters. The molecule has 4 nitrogen and oxygen atoms in total. The molecule has 0 saturated heterocycles. The van der Waals surface area contributed by atoms with Crippen LogP contribution in [0.2, 0.25) is 0 Å². The Morgan fingerprint density at radius 2 is 1.95 bits per heavy atom. The zero-order valence-corrected chi connectivity index (χ0v) is 12.6. The second kappa shape index (κ2) is 5.35. The van der Waals surface area contributed by atoms with Crippen LogP contribution in [-0.4, -0.2) is 34.5 Å². The summed E-state index contributed by atoms with van der Waals surface area (Å²) in [5.74, 6) is -1.80. The monoisotopic (exact) mass is 285 g/mol. The lowest BCUT2D eigenvalue weighted by atomic mass is 9.94. The van der Waals surface area contributed by atoms with Crippen molar-refractivity contribution in [1.82, 2.24) is 5.32 Å². The van der Waals surface area contributed by atoms with Gasteiger partial charge in [0.15, 0.2) is 0 Å². The molecule has 2 aliphatic rings. The van der Waals surface area contributed by atoms with Crippen LogP contribution in [0.3, 0.4) is 0 Å². The van der Waals surface area contributed by atoms with Gasteiger partial charge in [-0.3, -0.25) is 9.59 Å². The third-order valence-electron chi connectivity index (χ3n) is 4.68. The minimum absolute atomic E-state index is 0.0656. The van der Waals surface area contributed by atoms with E-state index in [9.17, 15) is 9.59 Å². The molecule has 2 saturated carbocycles. The van der Waals surface area contributed by atoms with Gasteiger partial charge in [0.2, 0.25) is 5.91 Å². The number of rotatable bonds is 4. The number of amides is 1. The molecule has 0 aromatic rings. The predicted molar refractivity (Wildman–Crippen MR) is 76.1 cm³/mol. The van der Waals surface area contributed by atoms with Crippen molar-refractivity contribution < 1.29 is 14.7 Å². The summed E-state index contributed by atoms with van der Waals surface area (Å²) in [4.78, 5) is 23.3. The van der Waals surface area contributed by atoms with Crippen molar-refractivity contribution >= 4 is 23.6 Å². The van der Waals surface area contributed by atoms with Crippen LogP contribution in [0.1, 0.15) is 39.5 Å². The minimum Gasteiger partial charge on any atom is -0.481 e. The van der Waals surface area contributed by atoms with Crippen molar-refractivity contribution in [3.8, 4) is 0 Å². The highest BCUT2D eigenvalue weighted by Crippen LogP contribution is 2.58. The lowest BCUT2D eigenvalue weighted by Gasteiger charge is -2.28. The molecule has 0 heterocycles. The summed E-state index contributed by atoms with van der Waals surface area (Å²) in [6.07, 6.45) is 6.51. The average Bonchev–Trinajstić information content (AvgIpc) is 2.93. The largest absolute Gasteiger partial charge is 0.481 e. The lowest BCUT2D eigenvalue weighted by molar-refractivity contribution is -0.140. The molecule has 0 aliphatic heterocycles. The maximum Gasteiger partial charge on any atom is 0.307 e. The van der Waals surface area contributed by atoms with Gasteiger partial charge in [0.25, 0.3) is 0 Å². The average molecular weight is 285 g/mol. The summed E-state index contributed by atoms with van der Waals surface area (Å²) >= 11 is 1.86. The molecule has 2 rings (SSSR count). The molecule has 0 radical (unpaired) electrons. The molecular weight excluding hydrogens is 262 g/mol. The van der Waals surface area contributed by atoms with Gasteiger partial charge in [-0.25, -0.2) is 0 Å². The topological polar surface area (TPSA) is 66.4 Å². The van der Waals surface area contributed by atoms with Crippen LogP contribution in [0, 0.1) is 17.3 Å². The molecule has 108 valence electrons. The van der Waals surface area contributed by atoms with Crippen molar-refractivity contribution in [1.29, 1.82) is 0 Å². The first-order valence-corrected chi connectivity index (χ1v) is 8.22. The second-order valence-corrected chi connectivity index (χ2v) is 7.48. The number of carboxylic acid groups (broad SMARTS) is 1. The first-order chi connectivity index (χ1) is 8.87. The van der Waals surface area contributed by atoms with Crippen LogP contribution in [0.25, 0.3) is 0 Å². The van der Waals surface area contributed by atoms with Gasteiger partial charge < -0.3 is 10.4 Å². The zero-order chi connectivity index (χ0) is 14.2. The minimum atomic E-state index is -0.851. The molecule has 4 unspecified atom stereocenters. The SMILES string of the molecule is CSC1CCCC(NC(=O)C2C(C(=O)O)C2(C)C)C1. The van der Waals surface area contributed by atoms with Crippen LogP contribution in [0.4, 0.5) is 0 Å². The maximum absolute atomic E-state index is 12.2. The normalized spacial score (nSPS) is 36.6. The fraction of sp³-hybridized carbons (Fsp3) is 0.857. The number of hydrogen-bond donors (Lipinski definition) is 2. The number of aliphatic carboxylic acids is 1. The number of thioether (sulfide) groups is 1. The molecule has 0 bridgehead atoms. The van der Waals surface area contributed by atoms with E-state index < -0.39 is 17.3 Å². The summed E-state index contributed by atoms with van der Waals surface area (Å²) in [6, 6.07) is 0.226. The first-order valence-electron chi connectivity index (χ1n) is 6.94. The van der Waals surface area contributed by atoms with E-state index in [-0.39, 0.29) is 17.9 Å². The Bertz CT molecular complexity index is 383. The summed E-state index contributed by atoms with van der Waals surface area (Å²) in [5.41, 5.74) is -0.399. The predicted octanol–water partition coefficient (Wildman–Crippen LogP) is 2.13. The summed E-state index contributed by atoms with van der Waals surface area (Å²) < 4.78 is 0. The van der Waals surface area contributed by atoms with Crippen molar-refractivity contribution in [3.05, 3.63) is 0 Å². The Balaban J connectivity index is 1.90. The summed E-state index contributed by atoms with van der Waals surface area (Å²) in [5, 5.41) is 12.8. The van der Waals surface area contributed by atoms with Crippen molar-refractivity contribution in [2.45, 2.75) is 50.8 Å². The van der Waals surface area contributed by atoms with E-state index in [0.29, 0.717) is 5.25 Å². The highest BCUT2D eigenvalue weighted by molar-refractivity contribution is 7.99. The second-order valence-electron chi connectivity index (χ2n) is 6.34. The van der Waals surface area contributed by atoms with Crippen molar-refractivity contribution in [2.24, 2.45) is 17.3 Å². The smallest absolute Gasteiger partial charge is 0.307 e. The fourth-order valence-electron chi connectivity index (χ4n) is 3.37. The number of carbonyl (C=O) groups is 2. The van der Waals surface area contributed by atoms with Crippen LogP contribution in [-0.2, 0) is 9.59 Å². The van der Waals surface area contributed by atoms with Crippen LogP contribution >= 0.6 is 11.8 Å². The Hall–Kier alpha value is -0.710. The van der Waals surface area contributed by atoms with Crippen molar-refractivity contribution in [2.75, 3.05) is 6.26 Å². The molecule has 5 heteroatoms. The van der Waals surface area contributed by atoms with Crippen LogP contribution in [0.15, 0.2) is 0 Å². The Labute approximate surface area is 118 Å². The van der Waals surface area contributed by atoms with E-state index >= 15 is 0 Å². The van der Waals surface area contributed by atoms with E-state index in [2.05, 4.69) is 11.6 Å². The standard InChI is InChI=1S/C14H23NO3S/c1-14(2)10(11(14)13(17)18)12(16)15-8-5-4-6-9(7-8)19-3/h8-11H,4-7H2,1-3H3,(H,15,16)(H,17,18). The molecule has 0 aromatic heterocycles. The van der Waals surface area contributed by atoms with Gasteiger partial charge in [-0.15, -0.1) is 0 Å². The van der Waals surface area contributed by atoms with Crippen LogP contribution < -0.4 is 5.32 Å². The Kier molecular flexibility index (Phi) is 4.14. The quantitative estimate of drug-likeness (QED) is 0.830. The van der Waals surface area contributed by atoms with Gasteiger partial charge in [-0.2, -0.15) is 11.8 Å². The Morgan fingerprint density at radius 1 is 1.26 bits per heavy atom. The summed E-state index contributed by atoms with van der Waals surface area (Å²) in [6.45, 7) is 3.73. The van der Waals surface area contributed by atoms with Gasteiger partial charge in [0.1, 0.15) is 0 Å². The molecule has 2 fully saturated rings. The van der Waals surface area contributed by atoms with E-state index in [0.717, 1.165) is 19.3 Å². The molecule has 0 spiro atoms. The number of carboxylic acids is 1. The van der Waals surface area contributed by atoms with E-state index in [1.807, 2.05) is 25.6 Å². The van der Waals surface area contributed by atoms with Gasteiger partial charge in [0, 0.05) is 11.3 Å². The first kappa shape index (κ1) is 14.7. The Morgan fingerprint density at radius 3 is 2.47 bits per heavy atom. The third-order valence-corrected chi connectivity index (χ3v) is 5.78. The van der Waals surface area contributed by atoms with Gasteiger partial charge in [-0.05, 0) is 30.9 Å². The maximum atomic E-state index is 12.2. The van der Waals surface area contributed by atoms with Gasteiger partial charge in [-0.1, -0.05) is 20.3 Å². The van der Waals surface area contributed by atoms with E-state index in [4.69, 9.17) is 5.11 Å². The van der Waals surface area contributed by atoms with Crippen LogP contribution in [0.5, 0.6) is 0 Å². The molecule has 0 aromatic carbocycles. The molecular formula is C14H23NO3S. The highest BCUT2D eigenvalue weighted by atomic mass is 32.2. The summed E-state index contributed by atoms with van der Waals surface area (Å²) in [7, 11) is 0. The fourth-order valence-corrected chi connectivity index (χ4v) is 4.20. The third kappa shape index (κ3) is 2.91. The molecule has 2 N–H and O–H groups in total. The molecule has 1 amide bonds. The van der Waals surface area contributed by atoms with E-state index in [1.165, 1.54) is 6.42 Å². The van der Waals surface area contributed by atoms with Gasteiger partial charge >= 0.3 is 5.97 Å². The van der Waals surface area contributed by atoms with E-state index in [1.54, 1.807) is 0 Å². The number of nitrogens with one attached hydrogen (secondary N) is 1. The lowest BCUT2D eigenvalue weighted by Crippen LogP contribution is -2.40. The molecule has 2 aliphatic carbocycles.